The number of phosphoric acid groups is 1. The third-order valence-corrected chi connectivity index (χ3v) is 12.8. The lowest BCUT2D eigenvalue weighted by molar-refractivity contribution is -0.870. The van der Waals surface area contributed by atoms with Crippen molar-refractivity contribution in [3.8, 4) is 0 Å². The Morgan fingerprint density at radius 3 is 1.17 bits per heavy atom. The van der Waals surface area contributed by atoms with Crippen LogP contribution in [0.5, 0.6) is 0 Å². The highest BCUT2D eigenvalue weighted by molar-refractivity contribution is 7.45. The van der Waals surface area contributed by atoms with Gasteiger partial charge in [0.05, 0.1) is 39.9 Å². The number of amides is 1. The quantitative estimate of drug-likeness (QED) is 0.0359. The number of quaternary nitrogens is 1. The lowest BCUT2D eigenvalue weighted by Crippen LogP contribution is -2.46. The number of hydrogen-bond acceptors (Lipinski definition) is 6. The molecule has 8 nitrogen and oxygen atoms in total. The minimum atomic E-state index is -4.56. The molecule has 0 fully saturated rings. The molecule has 9 heteroatoms. The van der Waals surface area contributed by atoms with Gasteiger partial charge < -0.3 is 28.8 Å². The highest BCUT2D eigenvalue weighted by Crippen LogP contribution is 2.38. The standard InChI is InChI=1S/C49H101N2O6P/c1-6-8-10-12-14-16-18-19-20-21-22-23-24-25-26-27-28-29-30-31-33-35-37-39-41-43-49(53)50-47(46-57-58(54,55)56-45-44-51(3,4)5)48(52)42-40-38-36-34-32-17-15-13-11-9-7-2/h47-48,52H,6-46H2,1-5H3,(H-,50,53,54,55). The van der Waals surface area contributed by atoms with Gasteiger partial charge in [-0.05, 0) is 12.8 Å². The number of rotatable bonds is 47. The molecule has 0 aromatic rings. The summed E-state index contributed by atoms with van der Waals surface area (Å²) < 4.78 is 23.3. The normalized spacial score (nSPS) is 14.1. The van der Waals surface area contributed by atoms with Crippen molar-refractivity contribution in [2.24, 2.45) is 0 Å². The number of likely N-dealkylation sites (N-methyl/N-ethyl adjacent to an activating group) is 1. The molecule has 0 rings (SSSR count). The number of carbonyl (C=O) groups excluding carboxylic acids is 1. The van der Waals surface area contributed by atoms with Gasteiger partial charge in [-0.15, -0.1) is 0 Å². The van der Waals surface area contributed by atoms with E-state index in [1.807, 2.05) is 21.1 Å². The summed E-state index contributed by atoms with van der Waals surface area (Å²) in [5.74, 6) is -0.160. The van der Waals surface area contributed by atoms with Crippen LogP contribution in [-0.2, 0) is 18.4 Å². The highest BCUT2D eigenvalue weighted by Gasteiger charge is 2.24. The fourth-order valence-corrected chi connectivity index (χ4v) is 8.53. The molecule has 0 spiro atoms. The van der Waals surface area contributed by atoms with Gasteiger partial charge in [0, 0.05) is 6.42 Å². The fraction of sp³-hybridized carbons (Fsp3) is 0.980. The summed E-state index contributed by atoms with van der Waals surface area (Å²) in [5, 5.41) is 13.9. The maximum absolute atomic E-state index is 12.9. The van der Waals surface area contributed by atoms with Crippen LogP contribution in [0.4, 0.5) is 0 Å². The molecule has 0 heterocycles. The van der Waals surface area contributed by atoms with Crippen LogP contribution in [0.25, 0.3) is 0 Å². The van der Waals surface area contributed by atoms with Crippen LogP contribution in [0.3, 0.4) is 0 Å². The average Bonchev–Trinajstić information content (AvgIpc) is 3.17. The van der Waals surface area contributed by atoms with Crippen LogP contribution in [0.15, 0.2) is 0 Å². The van der Waals surface area contributed by atoms with E-state index in [0.29, 0.717) is 23.9 Å². The molecule has 348 valence electrons. The van der Waals surface area contributed by atoms with Gasteiger partial charge in [-0.1, -0.05) is 239 Å². The number of carbonyl (C=O) groups is 1. The first-order valence-corrected chi connectivity index (χ1v) is 26.8. The number of aliphatic hydroxyl groups excluding tert-OH is 1. The number of nitrogens with zero attached hydrogens (tertiary/aromatic N) is 1. The third-order valence-electron chi connectivity index (χ3n) is 11.8. The van der Waals surface area contributed by atoms with Gasteiger partial charge in [0.2, 0.25) is 5.91 Å². The Labute approximate surface area is 361 Å². The second-order valence-electron chi connectivity index (χ2n) is 18.9. The van der Waals surface area contributed by atoms with Gasteiger partial charge in [-0.3, -0.25) is 9.36 Å². The van der Waals surface area contributed by atoms with Crippen LogP contribution in [-0.4, -0.2) is 68.5 Å². The Balaban J connectivity index is 4.07. The van der Waals surface area contributed by atoms with E-state index >= 15 is 0 Å². The number of aliphatic hydroxyl groups is 1. The number of phosphoric ester groups is 1. The van der Waals surface area contributed by atoms with Gasteiger partial charge in [-0.25, -0.2) is 0 Å². The van der Waals surface area contributed by atoms with E-state index in [-0.39, 0.29) is 19.1 Å². The molecule has 2 N–H and O–H groups in total. The van der Waals surface area contributed by atoms with Gasteiger partial charge in [-0.2, -0.15) is 0 Å². The molecule has 0 aliphatic heterocycles. The van der Waals surface area contributed by atoms with Crippen LogP contribution in [0.2, 0.25) is 0 Å². The first-order chi connectivity index (χ1) is 28.0. The number of hydrogen-bond donors (Lipinski definition) is 2. The molecule has 1 amide bonds. The molecular formula is C49H101N2O6P. The van der Waals surface area contributed by atoms with E-state index in [2.05, 4.69) is 19.2 Å². The maximum atomic E-state index is 12.9. The Morgan fingerprint density at radius 2 is 0.845 bits per heavy atom. The molecule has 0 saturated carbocycles. The van der Waals surface area contributed by atoms with Gasteiger partial charge in [0.15, 0.2) is 0 Å². The largest absolute Gasteiger partial charge is 0.756 e. The van der Waals surface area contributed by atoms with E-state index < -0.39 is 20.0 Å². The summed E-state index contributed by atoms with van der Waals surface area (Å²) in [7, 11) is 1.32. The Kier molecular flexibility index (Phi) is 41.5. The molecule has 0 aromatic heterocycles. The molecule has 0 aliphatic rings. The van der Waals surface area contributed by atoms with Gasteiger partial charge in [0.1, 0.15) is 13.2 Å². The smallest absolute Gasteiger partial charge is 0.268 e. The second kappa shape index (κ2) is 41.8. The number of unbranched alkanes of at least 4 members (excludes halogenated alkanes) is 34. The molecule has 0 aromatic carbocycles. The zero-order chi connectivity index (χ0) is 42.8. The summed E-state index contributed by atoms with van der Waals surface area (Å²) in [6.45, 7) is 4.74. The number of nitrogens with one attached hydrogen (secondary N) is 1. The van der Waals surface area contributed by atoms with E-state index in [0.717, 1.165) is 38.5 Å². The highest BCUT2D eigenvalue weighted by atomic mass is 31.2. The van der Waals surface area contributed by atoms with E-state index in [4.69, 9.17) is 9.05 Å². The molecule has 0 saturated heterocycles. The predicted octanol–water partition coefficient (Wildman–Crippen LogP) is 13.9. The summed E-state index contributed by atoms with van der Waals surface area (Å²) >= 11 is 0. The zero-order valence-electron chi connectivity index (χ0n) is 39.5. The van der Waals surface area contributed by atoms with Crippen molar-refractivity contribution >= 4 is 13.7 Å². The SMILES string of the molecule is CCCCCCCCCCCCCCCCCCCCCCCCCCCC(=O)NC(COP(=O)([O-])OCC[N+](C)(C)C)C(O)CCCCCCCCCCCCC. The Hall–Kier alpha value is -0.500. The molecule has 3 atom stereocenters. The van der Waals surface area contributed by atoms with Crippen LogP contribution >= 0.6 is 7.82 Å². The van der Waals surface area contributed by atoms with E-state index in [1.165, 1.54) is 193 Å². The molecule has 58 heavy (non-hydrogen) atoms. The monoisotopic (exact) mass is 845 g/mol. The summed E-state index contributed by atoms with van der Waals surface area (Å²) in [5.41, 5.74) is 0. The zero-order valence-corrected chi connectivity index (χ0v) is 40.4. The Morgan fingerprint density at radius 1 is 0.534 bits per heavy atom. The van der Waals surface area contributed by atoms with Gasteiger partial charge in [0.25, 0.3) is 7.82 Å². The molecule has 0 bridgehead atoms. The van der Waals surface area contributed by atoms with Crippen LogP contribution < -0.4 is 10.2 Å². The lowest BCUT2D eigenvalue weighted by Gasteiger charge is -2.30. The fourth-order valence-electron chi connectivity index (χ4n) is 7.81. The maximum Gasteiger partial charge on any atom is 0.268 e. The lowest BCUT2D eigenvalue weighted by atomic mass is 10.0. The van der Waals surface area contributed by atoms with Gasteiger partial charge >= 0.3 is 0 Å². The van der Waals surface area contributed by atoms with Crippen molar-refractivity contribution < 1.29 is 32.9 Å². The summed E-state index contributed by atoms with van der Waals surface area (Å²) in [6.07, 6.45) is 47.0. The first-order valence-electron chi connectivity index (χ1n) is 25.4. The van der Waals surface area contributed by atoms with Crippen molar-refractivity contribution in [3.63, 3.8) is 0 Å². The van der Waals surface area contributed by atoms with Crippen LogP contribution in [0.1, 0.15) is 258 Å². The topological polar surface area (TPSA) is 108 Å². The predicted molar refractivity (Wildman–Crippen MR) is 247 cm³/mol. The summed E-state index contributed by atoms with van der Waals surface area (Å²) in [4.78, 5) is 25.4. The molecule has 3 unspecified atom stereocenters. The second-order valence-corrected chi connectivity index (χ2v) is 20.3. The molecular weight excluding hydrogens is 744 g/mol. The molecule has 0 radical (unpaired) electrons. The molecule has 0 aliphatic carbocycles. The Bertz CT molecular complexity index is 916. The van der Waals surface area contributed by atoms with Crippen molar-refractivity contribution in [2.75, 3.05) is 40.9 Å². The van der Waals surface area contributed by atoms with Crippen molar-refractivity contribution in [1.29, 1.82) is 0 Å². The van der Waals surface area contributed by atoms with Crippen LogP contribution in [0, 0.1) is 0 Å². The summed E-state index contributed by atoms with van der Waals surface area (Å²) in [6, 6.07) is -0.792. The average molecular weight is 845 g/mol. The minimum absolute atomic E-state index is 0.0161. The van der Waals surface area contributed by atoms with E-state index in [1.54, 1.807) is 0 Å². The first kappa shape index (κ1) is 57.5. The van der Waals surface area contributed by atoms with Crippen molar-refractivity contribution in [2.45, 2.75) is 270 Å². The van der Waals surface area contributed by atoms with E-state index in [9.17, 15) is 19.4 Å². The minimum Gasteiger partial charge on any atom is -0.756 e. The third kappa shape index (κ3) is 43.6. The van der Waals surface area contributed by atoms with Crippen molar-refractivity contribution in [3.05, 3.63) is 0 Å². The van der Waals surface area contributed by atoms with Crippen molar-refractivity contribution in [1.82, 2.24) is 5.32 Å².